The number of carboxylic acids is 1. The molecule has 2 atom stereocenters. The molecule has 0 bridgehead atoms. The highest BCUT2D eigenvalue weighted by Gasteiger charge is 2.34. The van der Waals surface area contributed by atoms with Crippen molar-refractivity contribution in [2.24, 2.45) is 11.8 Å². The van der Waals surface area contributed by atoms with E-state index in [9.17, 15) is 19.5 Å². The maximum Gasteiger partial charge on any atom is 0.407 e. The number of carboxylic acid groups (broad SMARTS) is 1. The van der Waals surface area contributed by atoms with Crippen LogP contribution >= 0.6 is 0 Å². The SMILES string of the molecule is O=C(NCC(C(=O)NCC(O)C(=O)O)C1CCC1)OCC1c2ccccc2-c2ccccc21. The quantitative estimate of drug-likeness (QED) is 0.463. The average molecular weight is 453 g/mol. The average Bonchev–Trinajstić information content (AvgIpc) is 3.10. The molecule has 2 aromatic rings. The molecule has 0 spiro atoms. The molecule has 4 rings (SSSR count). The molecule has 1 fully saturated rings. The molecule has 8 nitrogen and oxygen atoms in total. The number of rotatable bonds is 9. The first-order valence-electron chi connectivity index (χ1n) is 11.2. The van der Waals surface area contributed by atoms with E-state index in [1.165, 1.54) is 0 Å². The van der Waals surface area contributed by atoms with Crippen LogP contribution in [0.15, 0.2) is 48.5 Å². The van der Waals surface area contributed by atoms with Gasteiger partial charge < -0.3 is 25.6 Å². The highest BCUT2D eigenvalue weighted by atomic mass is 16.5. The molecule has 0 aromatic heterocycles. The maximum atomic E-state index is 12.6. The van der Waals surface area contributed by atoms with Crippen molar-refractivity contribution in [3.05, 3.63) is 59.7 Å². The van der Waals surface area contributed by atoms with Crippen molar-refractivity contribution in [3.63, 3.8) is 0 Å². The normalized spacial score (nSPS) is 16.6. The van der Waals surface area contributed by atoms with Crippen molar-refractivity contribution >= 4 is 18.0 Å². The molecular weight excluding hydrogens is 424 g/mol. The summed E-state index contributed by atoms with van der Waals surface area (Å²) in [5.41, 5.74) is 4.53. The highest BCUT2D eigenvalue weighted by molar-refractivity contribution is 5.81. The molecule has 0 heterocycles. The fourth-order valence-electron chi connectivity index (χ4n) is 4.57. The number of carbonyl (C=O) groups is 3. The van der Waals surface area contributed by atoms with Crippen LogP contribution in [0.3, 0.4) is 0 Å². The lowest BCUT2D eigenvalue weighted by molar-refractivity contribution is -0.146. The number of amides is 2. The van der Waals surface area contributed by atoms with Gasteiger partial charge in [0, 0.05) is 12.5 Å². The maximum absolute atomic E-state index is 12.6. The molecule has 174 valence electrons. The Kier molecular flexibility index (Phi) is 6.93. The summed E-state index contributed by atoms with van der Waals surface area (Å²) >= 11 is 0. The monoisotopic (exact) mass is 452 g/mol. The summed E-state index contributed by atoms with van der Waals surface area (Å²) in [6.45, 7) is -0.0936. The summed E-state index contributed by atoms with van der Waals surface area (Å²) in [5, 5.41) is 23.3. The topological polar surface area (TPSA) is 125 Å². The van der Waals surface area contributed by atoms with Crippen LogP contribution in [0.5, 0.6) is 0 Å². The van der Waals surface area contributed by atoms with Gasteiger partial charge in [-0.25, -0.2) is 9.59 Å². The van der Waals surface area contributed by atoms with Crippen LogP contribution in [0.2, 0.25) is 0 Å². The van der Waals surface area contributed by atoms with Gasteiger partial charge in [0.25, 0.3) is 0 Å². The molecule has 2 aliphatic rings. The largest absolute Gasteiger partial charge is 0.479 e. The Labute approximate surface area is 192 Å². The Bertz CT molecular complexity index is 990. The van der Waals surface area contributed by atoms with Gasteiger partial charge in [-0.1, -0.05) is 55.0 Å². The Morgan fingerprint density at radius 3 is 2.09 bits per heavy atom. The Morgan fingerprint density at radius 1 is 0.939 bits per heavy atom. The molecule has 2 unspecified atom stereocenters. The van der Waals surface area contributed by atoms with E-state index in [1.54, 1.807) is 0 Å². The molecule has 2 aromatic carbocycles. The van der Waals surface area contributed by atoms with Gasteiger partial charge >= 0.3 is 12.1 Å². The van der Waals surface area contributed by atoms with Crippen LogP contribution in [0, 0.1) is 11.8 Å². The van der Waals surface area contributed by atoms with Crippen LogP contribution in [0.4, 0.5) is 4.79 Å². The number of fused-ring (bicyclic) bond motifs is 3. The third-order valence-corrected chi connectivity index (χ3v) is 6.62. The predicted molar refractivity (Wildman–Crippen MR) is 121 cm³/mol. The zero-order chi connectivity index (χ0) is 23.4. The fraction of sp³-hybridized carbons (Fsp3) is 0.400. The minimum absolute atomic E-state index is 0.0496. The number of hydrogen-bond acceptors (Lipinski definition) is 5. The molecule has 0 radical (unpaired) electrons. The Hall–Kier alpha value is -3.39. The molecule has 4 N–H and O–H groups in total. The molecular formula is C25H28N2O6. The van der Waals surface area contributed by atoms with Crippen LogP contribution in [0.1, 0.15) is 36.3 Å². The summed E-state index contributed by atoms with van der Waals surface area (Å²) in [7, 11) is 0. The smallest absolute Gasteiger partial charge is 0.407 e. The van der Waals surface area contributed by atoms with E-state index in [0.717, 1.165) is 41.5 Å². The zero-order valence-corrected chi connectivity index (χ0v) is 18.2. The number of hydrogen-bond donors (Lipinski definition) is 4. The first-order valence-corrected chi connectivity index (χ1v) is 11.2. The van der Waals surface area contributed by atoms with E-state index >= 15 is 0 Å². The number of nitrogens with one attached hydrogen (secondary N) is 2. The lowest BCUT2D eigenvalue weighted by Gasteiger charge is -2.33. The summed E-state index contributed by atoms with van der Waals surface area (Å²) in [4.78, 5) is 35.8. The molecule has 2 aliphatic carbocycles. The summed E-state index contributed by atoms with van der Waals surface area (Å²) in [5.74, 6) is -2.21. The van der Waals surface area contributed by atoms with Crippen molar-refractivity contribution in [1.29, 1.82) is 0 Å². The van der Waals surface area contributed by atoms with E-state index in [2.05, 4.69) is 22.8 Å². The van der Waals surface area contributed by atoms with E-state index in [0.29, 0.717) is 0 Å². The van der Waals surface area contributed by atoms with Gasteiger partial charge in [0.05, 0.1) is 12.5 Å². The lowest BCUT2D eigenvalue weighted by Crippen LogP contribution is -2.47. The Balaban J connectivity index is 1.33. The standard InChI is InChI=1S/C25H28N2O6/c28-22(24(30)31)13-26-23(29)20(15-6-5-7-15)12-27-25(32)33-14-21-18-10-3-1-8-16(18)17-9-2-4-11-19(17)21/h1-4,8-11,15,20-22,28H,5-7,12-14H2,(H,26,29)(H,27,32)(H,30,31). The van der Waals surface area contributed by atoms with Gasteiger partial charge in [0.2, 0.25) is 5.91 Å². The van der Waals surface area contributed by atoms with E-state index in [1.807, 2.05) is 36.4 Å². The second-order valence-corrected chi connectivity index (χ2v) is 8.60. The van der Waals surface area contributed by atoms with Crippen LogP contribution in [-0.4, -0.2) is 54.0 Å². The number of alkyl carbamates (subject to hydrolysis) is 1. The number of aliphatic hydroxyl groups is 1. The summed E-state index contributed by atoms with van der Waals surface area (Å²) in [6, 6.07) is 16.2. The minimum Gasteiger partial charge on any atom is -0.479 e. The first-order chi connectivity index (χ1) is 16.0. The molecule has 0 aliphatic heterocycles. The van der Waals surface area contributed by atoms with Crippen molar-refractivity contribution < 1.29 is 29.3 Å². The van der Waals surface area contributed by atoms with Crippen molar-refractivity contribution in [3.8, 4) is 11.1 Å². The van der Waals surface area contributed by atoms with Crippen molar-refractivity contribution in [2.75, 3.05) is 19.7 Å². The van der Waals surface area contributed by atoms with Gasteiger partial charge in [-0.3, -0.25) is 4.79 Å². The number of aliphatic hydroxyl groups excluding tert-OH is 1. The zero-order valence-electron chi connectivity index (χ0n) is 18.2. The lowest BCUT2D eigenvalue weighted by atomic mass is 9.75. The first kappa shape index (κ1) is 22.8. The summed E-state index contributed by atoms with van der Waals surface area (Å²) < 4.78 is 5.53. The fourth-order valence-corrected chi connectivity index (χ4v) is 4.57. The number of ether oxygens (including phenoxy) is 1. The van der Waals surface area contributed by atoms with Crippen LogP contribution in [-0.2, 0) is 14.3 Å². The molecule has 33 heavy (non-hydrogen) atoms. The molecule has 8 heteroatoms. The molecule has 0 saturated heterocycles. The van der Waals surface area contributed by atoms with E-state index in [-0.39, 0.29) is 37.4 Å². The second-order valence-electron chi connectivity index (χ2n) is 8.60. The molecule has 1 saturated carbocycles. The summed E-state index contributed by atoms with van der Waals surface area (Å²) in [6.07, 6.45) is 0.486. The highest BCUT2D eigenvalue weighted by Crippen LogP contribution is 2.44. The van der Waals surface area contributed by atoms with Crippen molar-refractivity contribution in [2.45, 2.75) is 31.3 Å². The molecule has 2 amide bonds. The number of aliphatic carboxylic acids is 1. The third kappa shape index (κ3) is 5.01. The number of carbonyl (C=O) groups excluding carboxylic acids is 2. The second kappa shape index (κ2) is 10.0. The predicted octanol–water partition coefficient (Wildman–Crippen LogP) is 2.50. The van der Waals surface area contributed by atoms with Crippen LogP contribution < -0.4 is 10.6 Å². The van der Waals surface area contributed by atoms with Gasteiger partial charge in [0.15, 0.2) is 6.10 Å². The van der Waals surface area contributed by atoms with Crippen molar-refractivity contribution in [1.82, 2.24) is 10.6 Å². The van der Waals surface area contributed by atoms with Crippen LogP contribution in [0.25, 0.3) is 11.1 Å². The third-order valence-electron chi connectivity index (χ3n) is 6.62. The van der Waals surface area contributed by atoms with Gasteiger partial charge in [0.1, 0.15) is 6.61 Å². The van der Waals surface area contributed by atoms with E-state index in [4.69, 9.17) is 9.84 Å². The number of benzene rings is 2. The van der Waals surface area contributed by atoms with Gasteiger partial charge in [-0.15, -0.1) is 0 Å². The minimum atomic E-state index is -1.66. The van der Waals surface area contributed by atoms with Gasteiger partial charge in [-0.05, 0) is 41.0 Å². The Morgan fingerprint density at radius 2 is 1.55 bits per heavy atom. The van der Waals surface area contributed by atoms with Gasteiger partial charge in [-0.2, -0.15) is 0 Å². The van der Waals surface area contributed by atoms with E-state index < -0.39 is 24.1 Å².